The maximum Gasteiger partial charge on any atom is 0.251 e. The van der Waals surface area contributed by atoms with Crippen molar-refractivity contribution in [1.29, 1.82) is 0 Å². The molecule has 0 saturated carbocycles. The van der Waals surface area contributed by atoms with Gasteiger partial charge < -0.3 is 25.3 Å². The molecule has 3 heterocycles. The molecule has 0 aliphatic carbocycles. The van der Waals surface area contributed by atoms with E-state index in [9.17, 15) is 9.18 Å². The van der Waals surface area contributed by atoms with Gasteiger partial charge in [0.2, 0.25) is 11.8 Å². The summed E-state index contributed by atoms with van der Waals surface area (Å²) in [4.78, 5) is 26.7. The second-order valence-corrected chi connectivity index (χ2v) is 8.98. The van der Waals surface area contributed by atoms with Crippen molar-refractivity contribution in [3.05, 3.63) is 71.8 Å². The van der Waals surface area contributed by atoms with E-state index in [4.69, 9.17) is 4.74 Å². The fraction of sp³-hybridized carbons (Fsp3) is 0.296. The molecule has 0 bridgehead atoms. The minimum atomic E-state index is -0.455. The maximum atomic E-state index is 14.9. The molecule has 9 heteroatoms. The number of carbonyl (C=O) groups is 1. The van der Waals surface area contributed by atoms with Gasteiger partial charge in [-0.1, -0.05) is 12.5 Å². The molecule has 1 aliphatic heterocycles. The summed E-state index contributed by atoms with van der Waals surface area (Å²) in [6, 6.07) is 13.8. The number of nitrogens with one attached hydrogen (secondary N) is 3. The topological polar surface area (TPSA) is 95.2 Å². The fourth-order valence-electron chi connectivity index (χ4n) is 4.42. The van der Waals surface area contributed by atoms with Crippen LogP contribution < -0.4 is 15.4 Å². The SMILES string of the molecule is Cc1cc2c(F)c(Oc3ccnc(Nc4cccc(C(=O)NCCN5CCCCC5)c4)n3)ccc2[nH]1. The van der Waals surface area contributed by atoms with E-state index in [0.717, 1.165) is 25.3 Å². The summed E-state index contributed by atoms with van der Waals surface area (Å²) in [5.41, 5.74) is 2.78. The van der Waals surface area contributed by atoms with Crippen LogP contribution in [0.4, 0.5) is 16.0 Å². The zero-order chi connectivity index (χ0) is 24.9. The summed E-state index contributed by atoms with van der Waals surface area (Å²) < 4.78 is 20.6. The number of halogens is 1. The highest BCUT2D eigenvalue weighted by Crippen LogP contribution is 2.30. The molecule has 2 aromatic heterocycles. The maximum absolute atomic E-state index is 14.9. The Kier molecular flexibility index (Phi) is 7.08. The number of ether oxygens (including phenoxy) is 1. The van der Waals surface area contributed by atoms with Gasteiger partial charge in [-0.2, -0.15) is 4.98 Å². The first-order chi connectivity index (χ1) is 17.5. The molecule has 0 spiro atoms. The average Bonchev–Trinajstić information content (AvgIpc) is 3.28. The Labute approximate surface area is 208 Å². The highest BCUT2D eigenvalue weighted by atomic mass is 19.1. The van der Waals surface area contributed by atoms with Gasteiger partial charge in [-0.3, -0.25) is 4.79 Å². The number of hydrogen-bond acceptors (Lipinski definition) is 6. The van der Waals surface area contributed by atoms with E-state index in [1.54, 1.807) is 42.5 Å². The van der Waals surface area contributed by atoms with Crippen LogP contribution in [0.15, 0.2) is 54.7 Å². The lowest BCUT2D eigenvalue weighted by molar-refractivity contribution is 0.0946. The Hall–Kier alpha value is -3.98. The van der Waals surface area contributed by atoms with Gasteiger partial charge in [0.05, 0.1) is 0 Å². The molecular weight excluding hydrogens is 459 g/mol. The Morgan fingerprint density at radius 1 is 1.14 bits per heavy atom. The fourth-order valence-corrected chi connectivity index (χ4v) is 4.42. The van der Waals surface area contributed by atoms with Crippen LogP contribution in [0, 0.1) is 12.7 Å². The third kappa shape index (κ3) is 5.63. The molecule has 0 unspecified atom stereocenters. The number of amides is 1. The van der Waals surface area contributed by atoms with Crippen LogP contribution in [-0.2, 0) is 0 Å². The molecule has 3 N–H and O–H groups in total. The lowest BCUT2D eigenvalue weighted by atomic mass is 10.1. The number of hydrogen-bond donors (Lipinski definition) is 3. The molecule has 4 aromatic rings. The number of nitrogens with zero attached hydrogens (tertiary/aromatic N) is 3. The van der Waals surface area contributed by atoms with Crippen LogP contribution in [0.3, 0.4) is 0 Å². The number of H-pyrrole nitrogens is 1. The van der Waals surface area contributed by atoms with Crippen molar-refractivity contribution >= 4 is 28.4 Å². The number of likely N-dealkylation sites (tertiary alicyclic amines) is 1. The molecule has 1 fully saturated rings. The number of aromatic amines is 1. The van der Waals surface area contributed by atoms with E-state index in [0.29, 0.717) is 28.7 Å². The van der Waals surface area contributed by atoms with Gasteiger partial charge in [-0.25, -0.2) is 9.37 Å². The summed E-state index contributed by atoms with van der Waals surface area (Å²) in [5, 5.41) is 6.55. The highest BCUT2D eigenvalue weighted by molar-refractivity contribution is 5.95. The first kappa shape index (κ1) is 23.7. The van der Waals surface area contributed by atoms with Crippen LogP contribution in [0.25, 0.3) is 10.9 Å². The van der Waals surface area contributed by atoms with E-state index in [1.807, 2.05) is 13.0 Å². The normalized spacial score (nSPS) is 14.1. The number of piperidine rings is 1. The largest absolute Gasteiger partial charge is 0.436 e. The summed E-state index contributed by atoms with van der Waals surface area (Å²) in [6.07, 6.45) is 5.28. The van der Waals surface area contributed by atoms with E-state index in [-0.39, 0.29) is 23.5 Å². The zero-order valence-corrected chi connectivity index (χ0v) is 20.2. The van der Waals surface area contributed by atoms with Gasteiger partial charge in [0.1, 0.15) is 0 Å². The second kappa shape index (κ2) is 10.7. The minimum absolute atomic E-state index is 0.0781. The molecule has 2 aromatic carbocycles. The van der Waals surface area contributed by atoms with Crippen molar-refractivity contribution in [2.75, 3.05) is 31.5 Å². The van der Waals surface area contributed by atoms with Crippen molar-refractivity contribution < 1.29 is 13.9 Å². The number of aryl methyl sites for hydroxylation is 1. The molecule has 1 saturated heterocycles. The van der Waals surface area contributed by atoms with Crippen LogP contribution >= 0.6 is 0 Å². The van der Waals surface area contributed by atoms with Crippen LogP contribution in [0.5, 0.6) is 11.6 Å². The number of carbonyl (C=O) groups excluding carboxylic acids is 1. The zero-order valence-electron chi connectivity index (χ0n) is 20.2. The average molecular weight is 489 g/mol. The lowest BCUT2D eigenvalue weighted by Crippen LogP contribution is -2.37. The Balaban J connectivity index is 1.22. The van der Waals surface area contributed by atoms with E-state index < -0.39 is 5.82 Å². The Morgan fingerprint density at radius 2 is 2.00 bits per heavy atom. The van der Waals surface area contributed by atoms with Crippen LogP contribution in [-0.4, -0.2) is 51.9 Å². The highest BCUT2D eigenvalue weighted by Gasteiger charge is 2.14. The number of aromatic nitrogens is 3. The van der Waals surface area contributed by atoms with E-state index >= 15 is 0 Å². The molecule has 1 amide bonds. The third-order valence-corrected chi connectivity index (χ3v) is 6.22. The summed E-state index contributed by atoms with van der Waals surface area (Å²) in [5.74, 6) is -0.0309. The molecular formula is C27H29FN6O2. The summed E-state index contributed by atoms with van der Waals surface area (Å²) in [7, 11) is 0. The van der Waals surface area contributed by atoms with Crippen molar-refractivity contribution in [3.63, 3.8) is 0 Å². The smallest absolute Gasteiger partial charge is 0.251 e. The second-order valence-electron chi connectivity index (χ2n) is 8.98. The lowest BCUT2D eigenvalue weighted by Gasteiger charge is -2.26. The molecule has 8 nitrogen and oxygen atoms in total. The van der Waals surface area contributed by atoms with Crippen LogP contribution in [0.2, 0.25) is 0 Å². The quantitative estimate of drug-likeness (QED) is 0.317. The minimum Gasteiger partial charge on any atom is -0.436 e. The number of anilines is 2. The monoisotopic (exact) mass is 488 g/mol. The number of rotatable bonds is 8. The summed E-state index contributed by atoms with van der Waals surface area (Å²) in [6.45, 7) is 5.55. The Bertz CT molecular complexity index is 1370. The molecule has 5 rings (SSSR count). The van der Waals surface area contributed by atoms with E-state index in [1.165, 1.54) is 25.5 Å². The Morgan fingerprint density at radius 3 is 2.86 bits per heavy atom. The molecule has 0 radical (unpaired) electrons. The van der Waals surface area contributed by atoms with Gasteiger partial charge in [0.15, 0.2) is 11.6 Å². The standard InChI is InChI=1S/C27H29FN6O2/c1-18-16-21-22(31-18)8-9-23(25(21)28)36-24-10-11-30-27(33-24)32-20-7-5-6-19(17-20)26(35)29-12-15-34-13-3-2-4-14-34/h5-11,16-17,31H,2-4,12-15H2,1H3,(H,29,35)(H,30,32,33). The molecule has 36 heavy (non-hydrogen) atoms. The van der Waals surface area contributed by atoms with Gasteiger partial charge in [-0.05, 0) is 69.3 Å². The first-order valence-corrected chi connectivity index (χ1v) is 12.2. The molecule has 186 valence electrons. The van der Waals surface area contributed by atoms with Gasteiger partial charge in [0, 0.05) is 53.2 Å². The van der Waals surface area contributed by atoms with Crippen molar-refractivity contribution in [2.45, 2.75) is 26.2 Å². The first-order valence-electron chi connectivity index (χ1n) is 12.2. The van der Waals surface area contributed by atoms with Gasteiger partial charge in [-0.15, -0.1) is 0 Å². The van der Waals surface area contributed by atoms with Crippen molar-refractivity contribution in [1.82, 2.24) is 25.2 Å². The van der Waals surface area contributed by atoms with Crippen LogP contribution in [0.1, 0.15) is 35.3 Å². The van der Waals surface area contributed by atoms with Gasteiger partial charge in [0.25, 0.3) is 5.91 Å². The van der Waals surface area contributed by atoms with E-state index in [2.05, 4.69) is 30.5 Å². The van der Waals surface area contributed by atoms with Crippen molar-refractivity contribution in [2.24, 2.45) is 0 Å². The van der Waals surface area contributed by atoms with Crippen molar-refractivity contribution in [3.8, 4) is 11.6 Å². The predicted octanol–water partition coefficient (Wildman–Crippen LogP) is 5.16. The summed E-state index contributed by atoms with van der Waals surface area (Å²) >= 11 is 0. The predicted molar refractivity (Wildman–Crippen MR) is 137 cm³/mol. The third-order valence-electron chi connectivity index (χ3n) is 6.22. The molecule has 0 atom stereocenters. The number of fused-ring (bicyclic) bond motifs is 1. The number of benzene rings is 2. The van der Waals surface area contributed by atoms with Gasteiger partial charge >= 0.3 is 0 Å². The molecule has 1 aliphatic rings.